The molecule has 112 valence electrons. The molecular weight excluding hydrogens is 271 g/mol. The van der Waals surface area contributed by atoms with Gasteiger partial charge in [-0.05, 0) is 26.3 Å². The number of phenolic OH excluding ortho intramolecular Hbond substituents is 1. The van der Waals surface area contributed by atoms with Crippen LogP contribution in [0.25, 0.3) is 0 Å². The van der Waals surface area contributed by atoms with Gasteiger partial charge in [-0.25, -0.2) is 4.39 Å². The summed E-state index contributed by atoms with van der Waals surface area (Å²) in [7, 11) is 0. The average Bonchev–Trinajstić information content (AvgIpc) is 3.00. The van der Waals surface area contributed by atoms with Crippen LogP contribution in [0, 0.1) is 5.82 Å². The lowest BCUT2D eigenvalue weighted by atomic mass is 10.1. The van der Waals surface area contributed by atoms with E-state index in [9.17, 15) is 9.50 Å². The van der Waals surface area contributed by atoms with Crippen molar-refractivity contribution in [1.29, 1.82) is 0 Å². The van der Waals surface area contributed by atoms with Crippen LogP contribution in [0.2, 0.25) is 0 Å². The van der Waals surface area contributed by atoms with E-state index in [2.05, 4.69) is 20.1 Å². The summed E-state index contributed by atoms with van der Waals surface area (Å²) in [6.07, 6.45) is 2.09. The van der Waals surface area contributed by atoms with Crippen LogP contribution in [-0.4, -0.2) is 19.9 Å². The first-order valence-corrected chi connectivity index (χ1v) is 7.22. The van der Waals surface area contributed by atoms with Gasteiger partial charge in [0.25, 0.3) is 0 Å². The van der Waals surface area contributed by atoms with Gasteiger partial charge in [0.2, 0.25) is 0 Å². The molecule has 0 aliphatic carbocycles. The van der Waals surface area contributed by atoms with E-state index in [1.165, 1.54) is 6.07 Å². The lowest BCUT2D eigenvalue weighted by Gasteiger charge is -2.20. The number of phenols is 1. The maximum absolute atomic E-state index is 13.0. The minimum atomic E-state index is -0.438. The van der Waals surface area contributed by atoms with E-state index in [0.717, 1.165) is 37.1 Å². The van der Waals surface area contributed by atoms with Crippen LogP contribution in [0.15, 0.2) is 18.2 Å². The van der Waals surface area contributed by atoms with Crippen molar-refractivity contribution >= 4 is 0 Å². The second kappa shape index (κ2) is 5.44. The molecule has 21 heavy (non-hydrogen) atoms. The third-order valence-electron chi connectivity index (χ3n) is 3.98. The number of aryl methyl sites for hydroxylation is 1. The van der Waals surface area contributed by atoms with Gasteiger partial charge in [-0.3, -0.25) is 0 Å². The molecule has 0 spiro atoms. The van der Waals surface area contributed by atoms with Crippen LogP contribution in [-0.2, 0) is 13.0 Å². The summed E-state index contributed by atoms with van der Waals surface area (Å²) in [6.45, 7) is 4.91. The summed E-state index contributed by atoms with van der Waals surface area (Å²) in [6, 6.07) is 3.97. The Hall–Kier alpha value is -1.95. The molecule has 1 aliphatic heterocycles. The van der Waals surface area contributed by atoms with Gasteiger partial charge in [0.15, 0.2) is 0 Å². The maximum atomic E-state index is 13.0. The van der Waals surface area contributed by atoms with Crippen molar-refractivity contribution in [3.63, 3.8) is 0 Å². The van der Waals surface area contributed by atoms with Crippen molar-refractivity contribution < 1.29 is 9.50 Å². The minimum absolute atomic E-state index is 0.00352. The number of nitrogens with zero attached hydrogens (tertiary/aromatic N) is 3. The Bertz CT molecular complexity index is 655. The highest BCUT2D eigenvalue weighted by Crippen LogP contribution is 2.27. The van der Waals surface area contributed by atoms with Crippen molar-refractivity contribution in [1.82, 2.24) is 20.1 Å². The van der Waals surface area contributed by atoms with Gasteiger partial charge in [0.05, 0.1) is 6.04 Å². The minimum Gasteiger partial charge on any atom is -0.508 e. The number of aromatic hydroxyl groups is 1. The predicted molar refractivity (Wildman–Crippen MR) is 76.4 cm³/mol. The Kier molecular flexibility index (Phi) is 3.63. The molecule has 0 saturated carbocycles. The fraction of sp³-hybridized carbons (Fsp3) is 0.467. The first-order valence-electron chi connectivity index (χ1n) is 7.22. The molecular formula is C15H19FN4O. The van der Waals surface area contributed by atoms with Crippen LogP contribution in [0.3, 0.4) is 0 Å². The normalized spacial score (nSPS) is 16.7. The molecule has 5 nitrogen and oxygen atoms in total. The van der Waals surface area contributed by atoms with Crippen LogP contribution < -0.4 is 5.32 Å². The van der Waals surface area contributed by atoms with E-state index in [1.807, 2.05) is 13.8 Å². The molecule has 2 N–H and O–H groups in total. The number of rotatable bonds is 4. The first kappa shape index (κ1) is 14.0. The van der Waals surface area contributed by atoms with Crippen LogP contribution in [0.5, 0.6) is 5.75 Å². The highest BCUT2D eigenvalue weighted by molar-refractivity contribution is 5.35. The van der Waals surface area contributed by atoms with Crippen LogP contribution in [0.4, 0.5) is 4.39 Å². The van der Waals surface area contributed by atoms with Gasteiger partial charge in [-0.1, -0.05) is 6.07 Å². The van der Waals surface area contributed by atoms with E-state index >= 15 is 0 Å². The topological polar surface area (TPSA) is 63.0 Å². The van der Waals surface area contributed by atoms with E-state index in [0.29, 0.717) is 5.56 Å². The average molecular weight is 290 g/mol. The van der Waals surface area contributed by atoms with Crippen molar-refractivity contribution in [2.24, 2.45) is 0 Å². The lowest BCUT2D eigenvalue weighted by Crippen LogP contribution is -2.25. The first-order chi connectivity index (χ1) is 10.1. The molecule has 0 bridgehead atoms. The molecule has 0 radical (unpaired) electrons. The number of hydrogen-bond donors (Lipinski definition) is 2. The zero-order valence-electron chi connectivity index (χ0n) is 12.2. The summed E-state index contributed by atoms with van der Waals surface area (Å²) in [5.74, 6) is 1.48. The summed E-state index contributed by atoms with van der Waals surface area (Å²) in [5.41, 5.74) is 0.671. The molecule has 2 heterocycles. The fourth-order valence-electron chi connectivity index (χ4n) is 2.92. The SMILES string of the molecule is CC(NC(C)c1nnc2n1CCC2)c1ccc(F)cc1O. The van der Waals surface area contributed by atoms with E-state index in [4.69, 9.17) is 0 Å². The van der Waals surface area contributed by atoms with Crippen molar-refractivity contribution in [2.75, 3.05) is 0 Å². The summed E-state index contributed by atoms with van der Waals surface area (Å²) < 4.78 is 15.2. The van der Waals surface area contributed by atoms with Gasteiger partial charge >= 0.3 is 0 Å². The van der Waals surface area contributed by atoms with Crippen molar-refractivity contribution in [2.45, 2.75) is 45.3 Å². The Morgan fingerprint density at radius 3 is 2.86 bits per heavy atom. The third kappa shape index (κ3) is 2.63. The zero-order chi connectivity index (χ0) is 15.0. The number of benzene rings is 1. The Labute approximate surface area is 122 Å². The van der Waals surface area contributed by atoms with E-state index in [1.54, 1.807) is 6.07 Å². The number of fused-ring (bicyclic) bond motifs is 1. The largest absolute Gasteiger partial charge is 0.508 e. The molecule has 2 atom stereocenters. The van der Waals surface area contributed by atoms with Crippen molar-refractivity contribution in [3.8, 4) is 5.75 Å². The second-order valence-corrected chi connectivity index (χ2v) is 5.54. The molecule has 1 aliphatic rings. The van der Waals surface area contributed by atoms with Crippen LogP contribution in [0.1, 0.15) is 49.6 Å². The molecule has 3 rings (SSSR count). The lowest BCUT2D eigenvalue weighted by molar-refractivity contribution is 0.423. The number of aromatic nitrogens is 3. The summed E-state index contributed by atoms with van der Waals surface area (Å²) in [4.78, 5) is 0. The second-order valence-electron chi connectivity index (χ2n) is 5.54. The van der Waals surface area contributed by atoms with Gasteiger partial charge < -0.3 is 15.0 Å². The van der Waals surface area contributed by atoms with E-state index in [-0.39, 0.29) is 17.8 Å². The molecule has 0 saturated heterocycles. The molecule has 0 fully saturated rings. The molecule has 1 aromatic carbocycles. The van der Waals surface area contributed by atoms with Crippen LogP contribution >= 0.6 is 0 Å². The maximum Gasteiger partial charge on any atom is 0.149 e. The number of nitrogens with one attached hydrogen (secondary N) is 1. The Morgan fingerprint density at radius 1 is 1.29 bits per heavy atom. The zero-order valence-corrected chi connectivity index (χ0v) is 12.2. The molecule has 6 heteroatoms. The monoisotopic (exact) mass is 290 g/mol. The quantitative estimate of drug-likeness (QED) is 0.908. The predicted octanol–water partition coefficient (Wildman–Crippen LogP) is 2.48. The standard InChI is InChI=1S/C15H19FN4O/c1-9(12-6-5-11(16)8-13(12)21)17-10(2)15-19-18-14-4-3-7-20(14)15/h5-6,8-10,17,21H,3-4,7H2,1-2H3. The number of halogens is 1. The summed E-state index contributed by atoms with van der Waals surface area (Å²) >= 11 is 0. The van der Waals surface area contributed by atoms with Gasteiger partial charge in [-0.2, -0.15) is 0 Å². The van der Waals surface area contributed by atoms with Gasteiger partial charge in [0.1, 0.15) is 23.2 Å². The van der Waals surface area contributed by atoms with E-state index < -0.39 is 5.82 Å². The Morgan fingerprint density at radius 2 is 2.10 bits per heavy atom. The molecule has 2 aromatic rings. The highest BCUT2D eigenvalue weighted by atomic mass is 19.1. The van der Waals surface area contributed by atoms with Crippen molar-refractivity contribution in [3.05, 3.63) is 41.2 Å². The summed E-state index contributed by atoms with van der Waals surface area (Å²) in [5, 5.41) is 21.7. The number of hydrogen-bond acceptors (Lipinski definition) is 4. The molecule has 0 amide bonds. The molecule has 1 aromatic heterocycles. The highest BCUT2D eigenvalue weighted by Gasteiger charge is 2.23. The third-order valence-corrected chi connectivity index (χ3v) is 3.98. The Balaban J connectivity index is 1.76. The fourth-order valence-corrected chi connectivity index (χ4v) is 2.92. The van der Waals surface area contributed by atoms with Gasteiger partial charge in [-0.15, -0.1) is 10.2 Å². The van der Waals surface area contributed by atoms with Gasteiger partial charge in [0, 0.05) is 30.6 Å². The molecule has 2 unspecified atom stereocenters. The smallest absolute Gasteiger partial charge is 0.149 e.